The molecule has 0 fully saturated rings. The Morgan fingerprint density at radius 1 is 0.952 bits per heavy atom. The van der Waals surface area contributed by atoms with Crippen LogP contribution < -0.4 is 5.32 Å². The van der Waals surface area contributed by atoms with Crippen LogP contribution in [0.3, 0.4) is 0 Å². The van der Waals surface area contributed by atoms with Crippen LogP contribution in [-0.4, -0.2) is 13.1 Å². The highest BCUT2D eigenvalue weighted by atomic mass is 14.8. The van der Waals surface area contributed by atoms with Crippen LogP contribution in [-0.2, 0) is 6.42 Å². The van der Waals surface area contributed by atoms with Crippen LogP contribution in [0.15, 0.2) is 36.4 Å². The summed E-state index contributed by atoms with van der Waals surface area (Å²) in [5.41, 5.74) is 2.98. The van der Waals surface area contributed by atoms with E-state index in [2.05, 4.69) is 62.5 Å². The van der Waals surface area contributed by atoms with Gasteiger partial charge < -0.3 is 5.32 Å². The van der Waals surface area contributed by atoms with Crippen molar-refractivity contribution >= 4 is 10.8 Å². The summed E-state index contributed by atoms with van der Waals surface area (Å²) in [6, 6.07) is 13.3. The SMILES string of the molecule is Cc1ccc2ccccc2c1CCCCCNCC(C)C. The number of rotatable bonds is 8. The van der Waals surface area contributed by atoms with Crippen molar-refractivity contribution in [2.75, 3.05) is 13.1 Å². The molecule has 21 heavy (non-hydrogen) atoms. The molecule has 0 spiro atoms. The minimum absolute atomic E-state index is 0.753. The lowest BCUT2D eigenvalue weighted by molar-refractivity contribution is 0.530. The maximum atomic E-state index is 3.52. The Hall–Kier alpha value is -1.34. The lowest BCUT2D eigenvalue weighted by Crippen LogP contribution is -2.20. The molecular weight excluding hydrogens is 254 g/mol. The van der Waals surface area contributed by atoms with E-state index in [1.165, 1.54) is 42.0 Å². The molecule has 2 rings (SSSR count). The number of fused-ring (bicyclic) bond motifs is 1. The highest BCUT2D eigenvalue weighted by Gasteiger charge is 2.04. The molecule has 1 heteroatoms. The van der Waals surface area contributed by atoms with Crippen molar-refractivity contribution in [3.8, 4) is 0 Å². The number of hydrogen-bond donors (Lipinski definition) is 1. The minimum atomic E-state index is 0.753. The van der Waals surface area contributed by atoms with Gasteiger partial charge in [-0.05, 0) is 67.1 Å². The zero-order valence-electron chi connectivity index (χ0n) is 13.8. The van der Waals surface area contributed by atoms with Crippen LogP contribution in [0.4, 0.5) is 0 Å². The Morgan fingerprint density at radius 3 is 2.57 bits per heavy atom. The fourth-order valence-corrected chi connectivity index (χ4v) is 2.90. The standard InChI is InChI=1S/C20H29N/c1-16(2)15-21-14-8-4-5-10-19-17(3)12-13-18-9-6-7-11-20(18)19/h6-7,9,11-13,16,21H,4-5,8,10,14-15H2,1-3H3. The first kappa shape index (κ1) is 16.0. The molecule has 0 aliphatic carbocycles. The van der Waals surface area contributed by atoms with Crippen LogP contribution in [0, 0.1) is 12.8 Å². The molecular formula is C20H29N. The Balaban J connectivity index is 1.82. The summed E-state index contributed by atoms with van der Waals surface area (Å²) in [7, 11) is 0. The Kier molecular flexibility index (Phi) is 6.25. The predicted octanol–water partition coefficient (Wildman–Crippen LogP) is 5.11. The highest BCUT2D eigenvalue weighted by Crippen LogP contribution is 2.23. The zero-order valence-corrected chi connectivity index (χ0v) is 13.8. The van der Waals surface area contributed by atoms with Gasteiger partial charge in [-0.15, -0.1) is 0 Å². The maximum Gasteiger partial charge on any atom is -0.00258 e. The summed E-state index contributed by atoms with van der Waals surface area (Å²) in [4.78, 5) is 0. The normalized spacial score (nSPS) is 11.4. The third kappa shape index (κ3) is 4.86. The van der Waals surface area contributed by atoms with Gasteiger partial charge in [-0.25, -0.2) is 0 Å². The molecule has 0 amide bonds. The molecule has 0 saturated carbocycles. The summed E-state index contributed by atoms with van der Waals surface area (Å²) >= 11 is 0. The molecule has 0 radical (unpaired) electrons. The first-order valence-corrected chi connectivity index (χ1v) is 8.36. The molecule has 0 bridgehead atoms. The monoisotopic (exact) mass is 283 g/mol. The van der Waals surface area contributed by atoms with Gasteiger partial charge in [-0.3, -0.25) is 0 Å². The van der Waals surface area contributed by atoms with Crippen molar-refractivity contribution in [3.05, 3.63) is 47.5 Å². The maximum absolute atomic E-state index is 3.52. The average molecular weight is 283 g/mol. The fourth-order valence-electron chi connectivity index (χ4n) is 2.90. The van der Waals surface area contributed by atoms with E-state index in [-0.39, 0.29) is 0 Å². The van der Waals surface area contributed by atoms with Crippen LogP contribution >= 0.6 is 0 Å². The Labute approximate surface area is 129 Å². The molecule has 2 aromatic carbocycles. The molecule has 1 nitrogen and oxygen atoms in total. The van der Waals surface area contributed by atoms with Crippen LogP contribution in [0.25, 0.3) is 10.8 Å². The smallest absolute Gasteiger partial charge is 0.00258 e. The molecule has 0 aliphatic rings. The van der Waals surface area contributed by atoms with E-state index in [4.69, 9.17) is 0 Å². The van der Waals surface area contributed by atoms with E-state index in [9.17, 15) is 0 Å². The molecule has 0 aliphatic heterocycles. The lowest BCUT2D eigenvalue weighted by Gasteiger charge is -2.11. The zero-order chi connectivity index (χ0) is 15.1. The van der Waals surface area contributed by atoms with E-state index in [0.29, 0.717) is 0 Å². The van der Waals surface area contributed by atoms with Crippen molar-refractivity contribution in [1.82, 2.24) is 5.32 Å². The summed E-state index contributed by atoms with van der Waals surface area (Å²) in [6.07, 6.45) is 5.10. The van der Waals surface area contributed by atoms with Gasteiger partial charge >= 0.3 is 0 Å². The van der Waals surface area contributed by atoms with Gasteiger partial charge in [0.1, 0.15) is 0 Å². The van der Waals surface area contributed by atoms with Gasteiger partial charge in [0.15, 0.2) is 0 Å². The van der Waals surface area contributed by atoms with Gasteiger partial charge in [0.05, 0.1) is 0 Å². The van der Waals surface area contributed by atoms with Gasteiger partial charge in [0.2, 0.25) is 0 Å². The van der Waals surface area contributed by atoms with Gasteiger partial charge in [-0.1, -0.05) is 56.7 Å². The molecule has 0 aromatic heterocycles. The third-order valence-corrected chi connectivity index (χ3v) is 4.11. The number of nitrogens with one attached hydrogen (secondary N) is 1. The molecule has 1 N–H and O–H groups in total. The summed E-state index contributed by atoms with van der Waals surface area (Å²) in [6.45, 7) is 9.06. The third-order valence-electron chi connectivity index (χ3n) is 4.11. The first-order valence-electron chi connectivity index (χ1n) is 8.36. The largest absolute Gasteiger partial charge is 0.316 e. The quantitative estimate of drug-likeness (QED) is 0.664. The fraction of sp³-hybridized carbons (Fsp3) is 0.500. The van der Waals surface area contributed by atoms with Crippen LogP contribution in [0.2, 0.25) is 0 Å². The summed E-state index contributed by atoms with van der Waals surface area (Å²) in [5, 5.41) is 6.34. The van der Waals surface area contributed by atoms with Crippen molar-refractivity contribution in [2.24, 2.45) is 5.92 Å². The van der Waals surface area contributed by atoms with Crippen molar-refractivity contribution in [3.63, 3.8) is 0 Å². The van der Waals surface area contributed by atoms with Crippen molar-refractivity contribution in [2.45, 2.75) is 46.5 Å². The second-order valence-corrected chi connectivity index (χ2v) is 6.49. The Morgan fingerprint density at radius 2 is 1.76 bits per heavy atom. The molecule has 0 saturated heterocycles. The highest BCUT2D eigenvalue weighted by molar-refractivity contribution is 5.86. The van der Waals surface area contributed by atoms with Crippen LogP contribution in [0.5, 0.6) is 0 Å². The molecule has 114 valence electrons. The van der Waals surface area contributed by atoms with E-state index in [0.717, 1.165) is 19.0 Å². The average Bonchev–Trinajstić information content (AvgIpc) is 2.48. The second-order valence-electron chi connectivity index (χ2n) is 6.49. The predicted molar refractivity (Wildman–Crippen MR) is 93.9 cm³/mol. The van der Waals surface area contributed by atoms with E-state index >= 15 is 0 Å². The van der Waals surface area contributed by atoms with E-state index < -0.39 is 0 Å². The van der Waals surface area contributed by atoms with E-state index in [1.54, 1.807) is 5.56 Å². The van der Waals surface area contributed by atoms with Crippen molar-refractivity contribution in [1.29, 1.82) is 0 Å². The van der Waals surface area contributed by atoms with Crippen LogP contribution in [0.1, 0.15) is 44.2 Å². The minimum Gasteiger partial charge on any atom is -0.316 e. The first-order chi connectivity index (χ1) is 10.2. The van der Waals surface area contributed by atoms with Gasteiger partial charge in [0, 0.05) is 0 Å². The topological polar surface area (TPSA) is 12.0 Å². The molecule has 0 unspecified atom stereocenters. The molecule has 0 atom stereocenters. The molecule has 2 aromatic rings. The van der Waals surface area contributed by atoms with Gasteiger partial charge in [-0.2, -0.15) is 0 Å². The number of benzene rings is 2. The van der Waals surface area contributed by atoms with E-state index in [1.807, 2.05) is 0 Å². The van der Waals surface area contributed by atoms with Gasteiger partial charge in [0.25, 0.3) is 0 Å². The second kappa shape index (κ2) is 8.19. The molecule has 0 heterocycles. The summed E-state index contributed by atoms with van der Waals surface area (Å²) < 4.78 is 0. The lowest BCUT2D eigenvalue weighted by atomic mass is 9.95. The Bertz CT molecular complexity index is 557. The number of aryl methyl sites for hydroxylation is 2. The summed E-state index contributed by atoms with van der Waals surface area (Å²) in [5.74, 6) is 0.753. The van der Waals surface area contributed by atoms with Crippen molar-refractivity contribution < 1.29 is 0 Å². The number of unbranched alkanes of at least 4 members (excludes halogenated alkanes) is 2. The number of hydrogen-bond acceptors (Lipinski definition) is 1.